The fourth-order valence-corrected chi connectivity index (χ4v) is 5.23. The van der Waals surface area contributed by atoms with Gasteiger partial charge in [-0.05, 0) is 60.3 Å². The number of likely N-dealkylation sites (tertiary alicyclic amines) is 1. The van der Waals surface area contributed by atoms with Crippen molar-refractivity contribution in [3.05, 3.63) is 64.8 Å². The average Bonchev–Trinajstić information content (AvgIpc) is 3.32. The molecule has 0 bridgehead atoms. The molecule has 6 nitrogen and oxygen atoms in total. The molecule has 1 aliphatic heterocycles. The number of hydrogen-bond donors (Lipinski definition) is 2. The lowest BCUT2D eigenvalue weighted by atomic mass is 9.90. The lowest BCUT2D eigenvalue weighted by molar-refractivity contribution is 0.0973. The predicted octanol–water partition coefficient (Wildman–Crippen LogP) is 7.20. The molecule has 5 rings (SSSR count). The highest BCUT2D eigenvalue weighted by Crippen LogP contribution is 2.45. The monoisotopic (exact) mass is 504 g/mol. The number of aromatic nitrogens is 1. The Labute approximate surface area is 215 Å². The average molecular weight is 505 g/mol. The molecule has 0 amide bonds. The summed E-state index contributed by atoms with van der Waals surface area (Å²) < 4.78 is 5.70. The van der Waals surface area contributed by atoms with E-state index in [1.807, 2.05) is 31.2 Å². The second-order valence-electron chi connectivity index (χ2n) is 9.38. The van der Waals surface area contributed by atoms with Crippen molar-refractivity contribution in [2.45, 2.75) is 45.6 Å². The maximum absolute atomic E-state index is 13.1. The van der Waals surface area contributed by atoms with Gasteiger partial charge in [0.25, 0.3) is 0 Å². The fourth-order valence-electron chi connectivity index (χ4n) is 5.07. The lowest BCUT2D eigenvalue weighted by Gasteiger charge is -2.27. The second kappa shape index (κ2) is 10.3. The van der Waals surface area contributed by atoms with E-state index in [0.717, 1.165) is 42.0 Å². The largest absolute Gasteiger partial charge is 0.507 e. The summed E-state index contributed by atoms with van der Waals surface area (Å²) in [6, 6.07) is 14.9. The van der Waals surface area contributed by atoms with Crippen LogP contribution in [0.15, 0.2) is 53.1 Å². The zero-order chi connectivity index (χ0) is 25.2. The first-order valence-corrected chi connectivity index (χ1v) is 12.8. The van der Waals surface area contributed by atoms with Gasteiger partial charge in [-0.25, -0.2) is 0 Å². The number of benzene rings is 3. The minimum atomic E-state index is -0.242. The van der Waals surface area contributed by atoms with Crippen LogP contribution in [0.25, 0.3) is 33.2 Å². The van der Waals surface area contributed by atoms with Gasteiger partial charge in [0.05, 0.1) is 16.1 Å². The van der Waals surface area contributed by atoms with Crippen LogP contribution in [-0.2, 0) is 6.54 Å². The van der Waals surface area contributed by atoms with Crippen molar-refractivity contribution in [3.63, 3.8) is 0 Å². The molecule has 1 saturated heterocycles. The molecule has 186 valence electrons. The maximum Gasteiger partial charge on any atom is 0.185 e. The number of phenolic OH excluding ortho intramolecular Hbond substituents is 2. The fraction of sp³-hybridized carbons (Fsp3) is 0.310. The van der Waals surface area contributed by atoms with E-state index in [1.54, 1.807) is 0 Å². The number of carbonyl (C=O) groups excluding carboxylic acids is 1. The van der Waals surface area contributed by atoms with Crippen molar-refractivity contribution < 1.29 is 19.5 Å². The van der Waals surface area contributed by atoms with E-state index in [4.69, 9.17) is 16.1 Å². The lowest BCUT2D eigenvalue weighted by Crippen LogP contribution is -2.29. The highest BCUT2D eigenvalue weighted by atomic mass is 35.5. The molecule has 1 aromatic heterocycles. The first kappa shape index (κ1) is 24.3. The summed E-state index contributed by atoms with van der Waals surface area (Å²) in [6.07, 6.45) is 4.73. The van der Waals surface area contributed by atoms with E-state index < -0.39 is 0 Å². The Hall–Kier alpha value is -3.35. The quantitative estimate of drug-likeness (QED) is 0.259. The number of ketones is 1. The molecule has 1 fully saturated rings. The maximum atomic E-state index is 13.1. The molecule has 0 radical (unpaired) electrons. The second-order valence-corrected chi connectivity index (χ2v) is 9.79. The molecule has 36 heavy (non-hydrogen) atoms. The van der Waals surface area contributed by atoms with Gasteiger partial charge in [-0.2, -0.15) is 0 Å². The van der Waals surface area contributed by atoms with Crippen molar-refractivity contribution in [1.82, 2.24) is 10.1 Å². The van der Waals surface area contributed by atoms with Gasteiger partial charge < -0.3 is 14.7 Å². The normalized spacial score (nSPS) is 14.4. The third kappa shape index (κ3) is 4.59. The van der Waals surface area contributed by atoms with Gasteiger partial charge in [-0.3, -0.25) is 9.69 Å². The first-order chi connectivity index (χ1) is 17.5. The molecule has 7 heteroatoms. The van der Waals surface area contributed by atoms with E-state index in [-0.39, 0.29) is 39.3 Å². The van der Waals surface area contributed by atoms with Crippen LogP contribution < -0.4 is 0 Å². The topological polar surface area (TPSA) is 86.8 Å². The van der Waals surface area contributed by atoms with Crippen molar-refractivity contribution in [3.8, 4) is 33.9 Å². The number of hydrogen-bond acceptors (Lipinski definition) is 6. The van der Waals surface area contributed by atoms with Gasteiger partial charge >= 0.3 is 0 Å². The highest BCUT2D eigenvalue weighted by molar-refractivity contribution is 6.32. The zero-order valence-corrected chi connectivity index (χ0v) is 21.0. The molecular weight excluding hydrogens is 476 g/mol. The highest BCUT2D eigenvalue weighted by Gasteiger charge is 2.27. The molecule has 1 aliphatic rings. The van der Waals surface area contributed by atoms with Crippen molar-refractivity contribution >= 4 is 28.2 Å². The third-order valence-corrected chi connectivity index (χ3v) is 7.17. The Morgan fingerprint density at radius 3 is 2.50 bits per heavy atom. The van der Waals surface area contributed by atoms with E-state index in [0.29, 0.717) is 18.4 Å². The molecule has 2 N–H and O–H groups in total. The summed E-state index contributed by atoms with van der Waals surface area (Å²) in [5.41, 5.74) is 3.03. The molecule has 0 spiro atoms. The summed E-state index contributed by atoms with van der Waals surface area (Å²) in [5.74, 6) is -0.347. The summed E-state index contributed by atoms with van der Waals surface area (Å²) >= 11 is 6.17. The summed E-state index contributed by atoms with van der Waals surface area (Å²) in [4.78, 5) is 15.6. The molecular formula is C29H29ClN2O4. The van der Waals surface area contributed by atoms with E-state index in [1.165, 1.54) is 30.9 Å². The van der Waals surface area contributed by atoms with Crippen molar-refractivity contribution in [2.75, 3.05) is 13.1 Å². The number of phenols is 2. The SMILES string of the molecule is CCCC(=O)c1noc(-c2cc(Cl)c(O)cc2O)c1-c1ccc(CN2CCCCC2)c2ccccc12. The smallest absolute Gasteiger partial charge is 0.185 e. The molecule has 0 atom stereocenters. The Kier molecular flexibility index (Phi) is 6.99. The molecule has 0 unspecified atom stereocenters. The molecule has 0 saturated carbocycles. The van der Waals surface area contributed by atoms with Gasteiger partial charge in [0.2, 0.25) is 0 Å². The van der Waals surface area contributed by atoms with Gasteiger partial charge in [-0.15, -0.1) is 0 Å². The zero-order valence-electron chi connectivity index (χ0n) is 20.3. The van der Waals surface area contributed by atoms with E-state index in [9.17, 15) is 15.0 Å². The number of carbonyl (C=O) groups is 1. The summed E-state index contributed by atoms with van der Waals surface area (Å²) in [6.45, 7) is 5.01. The first-order valence-electron chi connectivity index (χ1n) is 12.5. The minimum absolute atomic E-state index is 0.0633. The van der Waals surface area contributed by atoms with Crippen LogP contribution in [0, 0.1) is 0 Å². The summed E-state index contributed by atoms with van der Waals surface area (Å²) in [7, 11) is 0. The Morgan fingerprint density at radius 1 is 1.00 bits per heavy atom. The van der Waals surface area contributed by atoms with Crippen LogP contribution in [0.5, 0.6) is 11.5 Å². The Bertz CT molecular complexity index is 1420. The van der Waals surface area contributed by atoms with Crippen LogP contribution in [-0.4, -0.2) is 39.1 Å². The van der Waals surface area contributed by atoms with Gasteiger partial charge in [-0.1, -0.05) is 66.5 Å². The van der Waals surface area contributed by atoms with E-state index >= 15 is 0 Å². The molecule has 2 heterocycles. The van der Waals surface area contributed by atoms with Crippen LogP contribution in [0.4, 0.5) is 0 Å². The third-order valence-electron chi connectivity index (χ3n) is 6.87. The van der Waals surface area contributed by atoms with Crippen LogP contribution in [0.2, 0.25) is 5.02 Å². The molecule has 3 aromatic carbocycles. The van der Waals surface area contributed by atoms with Crippen molar-refractivity contribution in [1.29, 1.82) is 0 Å². The molecule has 0 aliphatic carbocycles. The predicted molar refractivity (Wildman–Crippen MR) is 142 cm³/mol. The summed E-state index contributed by atoms with van der Waals surface area (Å²) in [5, 5.41) is 26.9. The number of aromatic hydroxyl groups is 2. The Balaban J connectivity index is 1.70. The van der Waals surface area contributed by atoms with Gasteiger partial charge in [0, 0.05) is 19.0 Å². The number of piperidine rings is 1. The van der Waals surface area contributed by atoms with Crippen LogP contribution in [0.3, 0.4) is 0 Å². The number of fused-ring (bicyclic) bond motifs is 1. The van der Waals surface area contributed by atoms with E-state index in [2.05, 4.69) is 22.2 Å². The Morgan fingerprint density at radius 2 is 1.75 bits per heavy atom. The molecule has 4 aromatic rings. The number of nitrogens with zero attached hydrogens (tertiary/aromatic N) is 2. The minimum Gasteiger partial charge on any atom is -0.507 e. The van der Waals surface area contributed by atoms with Crippen LogP contribution in [0.1, 0.15) is 55.1 Å². The van der Waals surface area contributed by atoms with Crippen molar-refractivity contribution in [2.24, 2.45) is 0 Å². The van der Waals surface area contributed by atoms with Crippen LogP contribution >= 0.6 is 11.6 Å². The van der Waals surface area contributed by atoms with Gasteiger partial charge in [0.15, 0.2) is 17.2 Å². The number of rotatable bonds is 7. The standard InChI is InChI=1S/C29H29ClN2O4/c1-2-8-24(33)28-27(29(36-31-28)22-15-23(30)26(35)16-25(22)34)21-12-11-18(17-32-13-6-3-7-14-32)19-9-4-5-10-20(19)21/h4-5,9-12,15-16,34-35H,2-3,6-8,13-14,17H2,1H3. The number of Topliss-reactive ketones (excluding diaryl/α,β-unsaturated/α-hetero) is 1. The number of halogens is 1. The van der Waals surface area contributed by atoms with Gasteiger partial charge in [0.1, 0.15) is 11.5 Å².